The Balaban J connectivity index is 1.60. The van der Waals surface area contributed by atoms with Crippen LogP contribution < -0.4 is 15.4 Å². The number of aromatic hydroxyl groups is 1. The first kappa shape index (κ1) is 22.5. The fourth-order valence-electron chi connectivity index (χ4n) is 2.85. The van der Waals surface area contributed by atoms with E-state index in [4.69, 9.17) is 5.11 Å². The normalized spacial score (nSPS) is 18.6. The van der Waals surface area contributed by atoms with E-state index in [0.29, 0.717) is 12.1 Å². The van der Waals surface area contributed by atoms with E-state index in [2.05, 4.69) is 20.3 Å². The summed E-state index contributed by atoms with van der Waals surface area (Å²) in [5.41, 5.74) is 2.44. The van der Waals surface area contributed by atoms with E-state index in [1.807, 2.05) is 31.3 Å². The molecular weight excluding hydrogens is 416 g/mol. The van der Waals surface area contributed by atoms with Crippen LogP contribution in [0.15, 0.2) is 76.3 Å². The lowest BCUT2D eigenvalue weighted by Gasteiger charge is -2.30. The number of hydrogen-bond acceptors (Lipinski definition) is 7. The van der Waals surface area contributed by atoms with Crippen LogP contribution in [0.4, 0.5) is 5.69 Å². The molecule has 0 amide bonds. The molecule has 1 heterocycles. The molecule has 0 aromatic heterocycles. The van der Waals surface area contributed by atoms with Crippen molar-refractivity contribution in [2.24, 2.45) is 4.99 Å². The molecule has 2 aromatic carbocycles. The van der Waals surface area contributed by atoms with E-state index in [-0.39, 0.29) is 23.8 Å². The van der Waals surface area contributed by atoms with Gasteiger partial charge >= 0.3 is 0 Å². The van der Waals surface area contributed by atoms with Crippen LogP contribution >= 0.6 is 0 Å². The van der Waals surface area contributed by atoms with Gasteiger partial charge in [0, 0.05) is 36.8 Å². The molecule has 0 aliphatic carbocycles. The van der Waals surface area contributed by atoms with Crippen molar-refractivity contribution < 1.29 is 18.6 Å². The first-order valence-electron chi connectivity index (χ1n) is 9.79. The van der Waals surface area contributed by atoms with Gasteiger partial charge in [-0.3, -0.25) is 0 Å². The predicted molar refractivity (Wildman–Crippen MR) is 122 cm³/mol. The number of hydrogen-bond donors (Lipinski definition) is 5. The van der Waals surface area contributed by atoms with Crippen molar-refractivity contribution in [2.45, 2.75) is 24.0 Å². The van der Waals surface area contributed by atoms with E-state index in [1.54, 1.807) is 36.5 Å². The number of aliphatic imine (C=N–C) groups is 1. The summed E-state index contributed by atoms with van der Waals surface area (Å²) in [7, 11) is -3.60. The van der Waals surface area contributed by atoms with Gasteiger partial charge in [-0.15, -0.1) is 0 Å². The van der Waals surface area contributed by atoms with Crippen LogP contribution in [0.5, 0.6) is 5.75 Å². The molecule has 31 heavy (non-hydrogen) atoms. The monoisotopic (exact) mass is 442 g/mol. The highest BCUT2D eigenvalue weighted by Gasteiger charge is 2.23. The summed E-state index contributed by atoms with van der Waals surface area (Å²) in [4.78, 5) is 4.67. The largest absolute Gasteiger partial charge is 0.508 e. The SMILES string of the molecule is CC1(Nc2ccc(S(=O)(=O)NCCCO)cc2)N=CC(/C=C/c2cccc(O)c2)=CN1. The van der Waals surface area contributed by atoms with Crippen molar-refractivity contribution in [3.63, 3.8) is 0 Å². The maximum Gasteiger partial charge on any atom is 0.240 e. The zero-order valence-corrected chi connectivity index (χ0v) is 17.9. The number of aliphatic hydroxyl groups is 1. The lowest BCUT2D eigenvalue weighted by molar-refractivity contribution is 0.289. The fourth-order valence-corrected chi connectivity index (χ4v) is 3.92. The first-order chi connectivity index (χ1) is 14.8. The van der Waals surface area contributed by atoms with Crippen molar-refractivity contribution >= 4 is 28.0 Å². The number of benzene rings is 2. The molecule has 1 aliphatic rings. The standard InChI is InChI=1S/C22H26N4O4S/c1-22(23-15-18(16-24-22)7-6-17-4-2-5-20(28)14-17)26-19-8-10-21(11-9-19)31(29,30)25-12-3-13-27/h2,4-11,14-16,23,25-28H,3,12-13H2,1H3/b7-6+. The number of nitrogens with one attached hydrogen (secondary N) is 3. The van der Waals surface area contributed by atoms with E-state index < -0.39 is 15.8 Å². The summed E-state index contributed by atoms with van der Waals surface area (Å²) in [5, 5.41) is 24.7. The number of allylic oxidation sites excluding steroid dienone is 2. The Kier molecular flexibility index (Phi) is 7.11. The highest BCUT2D eigenvalue weighted by atomic mass is 32.2. The summed E-state index contributed by atoms with van der Waals surface area (Å²) in [6.45, 7) is 1.97. The lowest BCUT2D eigenvalue weighted by atomic mass is 10.1. The van der Waals surface area contributed by atoms with Gasteiger partial charge in [-0.05, 0) is 55.3 Å². The van der Waals surface area contributed by atoms with Gasteiger partial charge < -0.3 is 20.8 Å². The predicted octanol–water partition coefficient (Wildman–Crippen LogP) is 2.41. The van der Waals surface area contributed by atoms with E-state index in [0.717, 1.165) is 11.1 Å². The maximum absolute atomic E-state index is 12.2. The molecule has 5 N–H and O–H groups in total. The number of phenols is 1. The molecule has 1 unspecified atom stereocenters. The topological polar surface area (TPSA) is 123 Å². The second-order valence-corrected chi connectivity index (χ2v) is 8.94. The van der Waals surface area contributed by atoms with Gasteiger partial charge in [-0.1, -0.05) is 24.3 Å². The lowest BCUT2D eigenvalue weighted by Crippen LogP contribution is -2.46. The van der Waals surface area contributed by atoms with Crippen LogP contribution in [0.3, 0.4) is 0 Å². The van der Waals surface area contributed by atoms with E-state index >= 15 is 0 Å². The Hall–Kier alpha value is -3.14. The van der Waals surface area contributed by atoms with Crippen molar-refractivity contribution in [1.82, 2.24) is 10.0 Å². The number of nitrogens with zero attached hydrogens (tertiary/aromatic N) is 1. The Labute approximate surface area is 182 Å². The number of phenolic OH excluding ortho intramolecular Hbond substituents is 1. The molecule has 2 aromatic rings. The van der Waals surface area contributed by atoms with Crippen LogP contribution in [0.25, 0.3) is 6.08 Å². The van der Waals surface area contributed by atoms with Crippen molar-refractivity contribution in [1.29, 1.82) is 0 Å². The van der Waals surface area contributed by atoms with Crippen molar-refractivity contribution in [3.8, 4) is 5.75 Å². The van der Waals surface area contributed by atoms with Crippen LogP contribution in [-0.4, -0.2) is 43.8 Å². The number of sulfonamides is 1. The van der Waals surface area contributed by atoms with Crippen molar-refractivity contribution in [3.05, 3.63) is 71.9 Å². The Morgan fingerprint density at radius 3 is 2.58 bits per heavy atom. The fraction of sp³-hybridized carbons (Fsp3) is 0.227. The minimum atomic E-state index is -3.60. The van der Waals surface area contributed by atoms with Gasteiger partial charge in [0.15, 0.2) is 0 Å². The van der Waals surface area contributed by atoms with Crippen LogP contribution in [0, 0.1) is 0 Å². The molecule has 0 fully saturated rings. The third-order valence-corrected chi connectivity index (χ3v) is 5.99. The molecule has 0 spiro atoms. The molecule has 0 bridgehead atoms. The Morgan fingerprint density at radius 2 is 1.94 bits per heavy atom. The third kappa shape index (κ3) is 6.42. The molecule has 1 atom stereocenters. The van der Waals surface area contributed by atoms with Gasteiger partial charge in [0.25, 0.3) is 0 Å². The van der Waals surface area contributed by atoms with Gasteiger partial charge in [0.05, 0.1) is 4.90 Å². The highest BCUT2D eigenvalue weighted by Crippen LogP contribution is 2.20. The van der Waals surface area contributed by atoms with Gasteiger partial charge in [0.2, 0.25) is 15.8 Å². The Bertz CT molecular complexity index is 1090. The quantitative estimate of drug-likeness (QED) is 0.380. The van der Waals surface area contributed by atoms with Crippen LogP contribution in [0.1, 0.15) is 18.9 Å². The number of rotatable bonds is 9. The minimum absolute atomic E-state index is 0.0702. The molecule has 8 nitrogen and oxygen atoms in total. The van der Waals surface area contributed by atoms with Crippen molar-refractivity contribution in [2.75, 3.05) is 18.5 Å². The third-order valence-electron chi connectivity index (χ3n) is 4.51. The summed E-state index contributed by atoms with van der Waals surface area (Å²) < 4.78 is 26.9. The molecule has 164 valence electrons. The summed E-state index contributed by atoms with van der Waals surface area (Å²) >= 11 is 0. The molecule has 3 rings (SSSR count). The average Bonchev–Trinajstić information content (AvgIpc) is 2.74. The smallest absolute Gasteiger partial charge is 0.240 e. The first-order valence-corrected chi connectivity index (χ1v) is 11.3. The van der Waals surface area contributed by atoms with Gasteiger partial charge in [-0.2, -0.15) is 0 Å². The molecule has 0 radical (unpaired) electrons. The summed E-state index contributed by atoms with van der Waals surface area (Å²) in [6.07, 6.45) is 7.67. The number of aliphatic hydroxyl groups excluding tert-OH is 1. The minimum Gasteiger partial charge on any atom is -0.508 e. The molecular formula is C22H26N4O4S. The summed E-state index contributed by atoms with van der Waals surface area (Å²) in [5.74, 6) is -0.578. The molecule has 0 saturated carbocycles. The second-order valence-electron chi connectivity index (χ2n) is 7.17. The van der Waals surface area contributed by atoms with Gasteiger partial charge in [0.1, 0.15) is 5.75 Å². The van der Waals surface area contributed by atoms with Crippen LogP contribution in [-0.2, 0) is 10.0 Å². The van der Waals surface area contributed by atoms with E-state index in [1.165, 1.54) is 12.1 Å². The summed E-state index contributed by atoms with van der Waals surface area (Å²) in [6, 6.07) is 13.3. The highest BCUT2D eigenvalue weighted by molar-refractivity contribution is 7.89. The molecule has 0 saturated heterocycles. The number of anilines is 1. The zero-order chi connectivity index (χ0) is 22.3. The van der Waals surface area contributed by atoms with E-state index in [9.17, 15) is 13.5 Å². The maximum atomic E-state index is 12.2. The van der Waals surface area contributed by atoms with Gasteiger partial charge in [-0.25, -0.2) is 18.1 Å². The average molecular weight is 443 g/mol. The molecule has 1 aliphatic heterocycles. The zero-order valence-electron chi connectivity index (χ0n) is 17.1. The molecule has 9 heteroatoms. The Morgan fingerprint density at radius 1 is 1.16 bits per heavy atom. The van der Waals surface area contributed by atoms with Crippen LogP contribution in [0.2, 0.25) is 0 Å². The second kappa shape index (κ2) is 9.78.